The van der Waals surface area contributed by atoms with Gasteiger partial charge in [-0.05, 0) is 29.8 Å². The summed E-state index contributed by atoms with van der Waals surface area (Å²) in [5.74, 6) is 1.30. The third kappa shape index (κ3) is 4.81. The molecule has 7 heteroatoms. The summed E-state index contributed by atoms with van der Waals surface area (Å²) in [6, 6.07) is 0. The molecular formula is C11H16BrF2N3O. The number of ether oxygens (including phenoxy) is 1. The summed E-state index contributed by atoms with van der Waals surface area (Å²) in [5, 5.41) is 3.11. The van der Waals surface area contributed by atoms with Crippen LogP contribution in [-0.4, -0.2) is 36.2 Å². The van der Waals surface area contributed by atoms with E-state index in [1.165, 1.54) is 0 Å². The van der Waals surface area contributed by atoms with E-state index in [0.29, 0.717) is 18.1 Å². The predicted octanol–water partition coefficient (Wildman–Crippen LogP) is 2.80. The molecule has 0 aliphatic rings. The number of rotatable bonds is 7. The van der Waals surface area contributed by atoms with Crippen LogP contribution in [0, 0.1) is 6.92 Å². The summed E-state index contributed by atoms with van der Waals surface area (Å²) in [6.45, 7) is 4.22. The number of nitrogens with one attached hydrogen (secondary N) is 1. The second kappa shape index (κ2) is 7.58. The zero-order valence-corrected chi connectivity index (χ0v) is 11.9. The van der Waals surface area contributed by atoms with Gasteiger partial charge in [0.15, 0.2) is 0 Å². The molecule has 0 spiro atoms. The molecule has 0 aromatic carbocycles. The molecule has 0 aliphatic carbocycles. The van der Waals surface area contributed by atoms with Gasteiger partial charge < -0.3 is 10.1 Å². The molecule has 1 heterocycles. The molecule has 4 nitrogen and oxygen atoms in total. The number of aryl methyl sites for hydroxylation is 1. The van der Waals surface area contributed by atoms with Gasteiger partial charge in [-0.25, -0.2) is 18.7 Å². The maximum absolute atomic E-state index is 11.9. The molecule has 0 atom stereocenters. The van der Waals surface area contributed by atoms with E-state index in [-0.39, 0.29) is 6.61 Å². The van der Waals surface area contributed by atoms with E-state index >= 15 is 0 Å². The summed E-state index contributed by atoms with van der Waals surface area (Å²) in [7, 11) is 0. The van der Waals surface area contributed by atoms with Crippen LogP contribution in [0.1, 0.15) is 18.4 Å². The highest BCUT2D eigenvalue weighted by Gasteiger charge is 2.09. The summed E-state index contributed by atoms with van der Waals surface area (Å²) >= 11 is 3.40. The van der Waals surface area contributed by atoms with Crippen molar-refractivity contribution in [3.63, 3.8) is 0 Å². The average Bonchev–Trinajstić information content (AvgIpc) is 2.31. The lowest BCUT2D eigenvalue weighted by molar-refractivity contribution is 0.0183. The molecule has 1 aromatic rings. The molecule has 102 valence electrons. The zero-order chi connectivity index (χ0) is 13.5. The highest BCUT2D eigenvalue weighted by atomic mass is 79.9. The van der Waals surface area contributed by atoms with Crippen molar-refractivity contribution >= 4 is 21.7 Å². The van der Waals surface area contributed by atoms with E-state index in [9.17, 15) is 8.78 Å². The van der Waals surface area contributed by atoms with Crippen LogP contribution in [0.3, 0.4) is 0 Å². The standard InChI is InChI=1S/C11H16BrF2N3O/c1-3-15-11-10(12)7(2)16-9(17-11)4-5-18-6-8(13)14/h8H,3-6H2,1-2H3,(H,15,16,17). The highest BCUT2D eigenvalue weighted by molar-refractivity contribution is 9.10. The number of alkyl halides is 2. The Morgan fingerprint density at radius 1 is 1.39 bits per heavy atom. The molecule has 0 unspecified atom stereocenters. The number of aromatic nitrogens is 2. The predicted molar refractivity (Wildman–Crippen MR) is 69.2 cm³/mol. The van der Waals surface area contributed by atoms with Gasteiger partial charge in [-0.15, -0.1) is 0 Å². The fourth-order valence-corrected chi connectivity index (χ4v) is 1.67. The van der Waals surface area contributed by atoms with Crippen molar-refractivity contribution in [2.75, 3.05) is 25.1 Å². The van der Waals surface area contributed by atoms with Crippen molar-refractivity contribution in [3.05, 3.63) is 16.0 Å². The van der Waals surface area contributed by atoms with Crippen molar-refractivity contribution in [3.8, 4) is 0 Å². The van der Waals surface area contributed by atoms with Crippen molar-refractivity contribution in [1.82, 2.24) is 9.97 Å². The molecule has 0 amide bonds. The third-order valence-electron chi connectivity index (χ3n) is 2.12. The molecule has 0 saturated carbocycles. The summed E-state index contributed by atoms with van der Waals surface area (Å²) < 4.78 is 29.4. The van der Waals surface area contributed by atoms with Crippen LogP contribution in [0.2, 0.25) is 0 Å². The van der Waals surface area contributed by atoms with Gasteiger partial charge in [0.25, 0.3) is 6.43 Å². The minimum absolute atomic E-state index is 0.191. The van der Waals surface area contributed by atoms with Crippen molar-refractivity contribution in [1.29, 1.82) is 0 Å². The molecule has 1 aromatic heterocycles. The SMILES string of the molecule is CCNc1nc(CCOCC(F)F)nc(C)c1Br. The van der Waals surface area contributed by atoms with Gasteiger partial charge in [-0.1, -0.05) is 0 Å². The highest BCUT2D eigenvalue weighted by Crippen LogP contribution is 2.22. The average molecular weight is 324 g/mol. The van der Waals surface area contributed by atoms with Gasteiger partial charge in [-0.2, -0.15) is 0 Å². The monoisotopic (exact) mass is 323 g/mol. The largest absolute Gasteiger partial charge is 0.375 e. The first-order valence-electron chi connectivity index (χ1n) is 5.67. The van der Waals surface area contributed by atoms with E-state index in [2.05, 4.69) is 31.2 Å². The Morgan fingerprint density at radius 2 is 2.11 bits per heavy atom. The van der Waals surface area contributed by atoms with Crippen molar-refractivity contribution < 1.29 is 13.5 Å². The number of halogens is 3. The third-order valence-corrected chi connectivity index (χ3v) is 3.07. The number of nitrogens with zero attached hydrogens (tertiary/aromatic N) is 2. The Hall–Kier alpha value is -0.820. The first kappa shape index (κ1) is 15.2. The summed E-state index contributed by atoms with van der Waals surface area (Å²) in [5.41, 5.74) is 0.810. The maximum atomic E-state index is 11.9. The molecule has 0 saturated heterocycles. The van der Waals surface area contributed by atoms with Crippen LogP contribution < -0.4 is 5.32 Å². The van der Waals surface area contributed by atoms with Gasteiger partial charge in [0.2, 0.25) is 0 Å². The van der Waals surface area contributed by atoms with E-state index in [1.54, 1.807) is 0 Å². The van der Waals surface area contributed by atoms with E-state index < -0.39 is 13.0 Å². The van der Waals surface area contributed by atoms with Gasteiger partial charge in [0, 0.05) is 13.0 Å². The summed E-state index contributed by atoms with van der Waals surface area (Å²) in [6.07, 6.45) is -2.02. The topological polar surface area (TPSA) is 47.0 Å². The van der Waals surface area contributed by atoms with Gasteiger partial charge in [-0.3, -0.25) is 0 Å². The lowest BCUT2D eigenvalue weighted by Gasteiger charge is -2.10. The quantitative estimate of drug-likeness (QED) is 0.784. The number of hydrogen-bond acceptors (Lipinski definition) is 4. The fourth-order valence-electron chi connectivity index (χ4n) is 1.35. The first-order chi connectivity index (χ1) is 8.54. The molecule has 0 aliphatic heterocycles. The van der Waals surface area contributed by atoms with Crippen LogP contribution >= 0.6 is 15.9 Å². The maximum Gasteiger partial charge on any atom is 0.261 e. The zero-order valence-electron chi connectivity index (χ0n) is 10.3. The minimum atomic E-state index is -2.44. The van der Waals surface area contributed by atoms with Crippen LogP contribution in [0.5, 0.6) is 0 Å². The second-order valence-corrected chi connectivity index (χ2v) is 4.43. The molecule has 0 bridgehead atoms. The van der Waals surface area contributed by atoms with Gasteiger partial charge >= 0.3 is 0 Å². The van der Waals surface area contributed by atoms with E-state index in [1.807, 2.05) is 13.8 Å². The summed E-state index contributed by atoms with van der Waals surface area (Å²) in [4.78, 5) is 8.57. The smallest absolute Gasteiger partial charge is 0.261 e. The van der Waals surface area contributed by atoms with Crippen molar-refractivity contribution in [2.24, 2.45) is 0 Å². The van der Waals surface area contributed by atoms with E-state index in [4.69, 9.17) is 4.74 Å². The Bertz CT molecular complexity index is 391. The molecule has 1 N–H and O–H groups in total. The molecule has 0 radical (unpaired) electrons. The van der Waals surface area contributed by atoms with Gasteiger partial charge in [0.05, 0.1) is 16.8 Å². The minimum Gasteiger partial charge on any atom is -0.375 e. The van der Waals surface area contributed by atoms with Crippen molar-refractivity contribution in [2.45, 2.75) is 26.7 Å². The lowest BCUT2D eigenvalue weighted by Crippen LogP contribution is -2.11. The molecule has 18 heavy (non-hydrogen) atoms. The Labute approximate surface area is 113 Å². The second-order valence-electron chi connectivity index (χ2n) is 3.63. The van der Waals surface area contributed by atoms with E-state index in [0.717, 1.165) is 16.7 Å². The Kier molecular flexibility index (Phi) is 6.42. The number of anilines is 1. The lowest BCUT2D eigenvalue weighted by atomic mass is 10.3. The molecular weight excluding hydrogens is 308 g/mol. The molecule has 0 fully saturated rings. The normalized spacial score (nSPS) is 11.0. The van der Waals surface area contributed by atoms with Crippen LogP contribution in [0.4, 0.5) is 14.6 Å². The number of hydrogen-bond donors (Lipinski definition) is 1. The Balaban J connectivity index is 2.60. The van der Waals surface area contributed by atoms with Gasteiger partial charge in [0.1, 0.15) is 18.2 Å². The van der Waals surface area contributed by atoms with Crippen LogP contribution in [0.15, 0.2) is 4.47 Å². The fraction of sp³-hybridized carbons (Fsp3) is 0.636. The molecule has 1 rings (SSSR count). The van der Waals surface area contributed by atoms with Crippen LogP contribution in [-0.2, 0) is 11.2 Å². The Morgan fingerprint density at radius 3 is 2.72 bits per heavy atom. The van der Waals surface area contributed by atoms with Crippen LogP contribution in [0.25, 0.3) is 0 Å². The first-order valence-corrected chi connectivity index (χ1v) is 6.46.